The molecule has 0 saturated heterocycles. The molecule has 0 spiro atoms. The summed E-state index contributed by atoms with van der Waals surface area (Å²) in [6, 6.07) is 29.9. The number of para-hydroxylation sites is 2. The number of aliphatic imine (C=N–C) groups is 2. The SMILES string of the molecule is Cc1cccc(NC2=Nc3ccccc3N3C2=Nc2c(c(C)nn2-c2ccccn2)[C@H]3c2cccc(Cl)c2)c1. The highest BCUT2D eigenvalue weighted by Crippen LogP contribution is 2.48. The van der Waals surface area contributed by atoms with Crippen molar-refractivity contribution in [3.8, 4) is 5.82 Å². The molecule has 0 amide bonds. The van der Waals surface area contributed by atoms with Crippen LogP contribution in [-0.2, 0) is 0 Å². The van der Waals surface area contributed by atoms with Crippen molar-refractivity contribution in [3.63, 3.8) is 0 Å². The van der Waals surface area contributed by atoms with E-state index in [0.29, 0.717) is 22.5 Å². The van der Waals surface area contributed by atoms with E-state index in [4.69, 9.17) is 26.7 Å². The van der Waals surface area contributed by atoms with Crippen molar-refractivity contribution in [2.75, 3.05) is 10.2 Å². The first-order valence-electron chi connectivity index (χ1n) is 12.7. The maximum absolute atomic E-state index is 6.54. The summed E-state index contributed by atoms with van der Waals surface area (Å²) in [5.74, 6) is 2.78. The minimum atomic E-state index is -0.241. The normalized spacial score (nSPS) is 15.6. The van der Waals surface area contributed by atoms with E-state index in [-0.39, 0.29) is 6.04 Å². The predicted molar refractivity (Wildman–Crippen MR) is 157 cm³/mol. The molecule has 190 valence electrons. The molecular formula is C31H24ClN7. The summed E-state index contributed by atoms with van der Waals surface area (Å²) < 4.78 is 1.82. The van der Waals surface area contributed by atoms with Crippen molar-refractivity contribution in [2.24, 2.45) is 9.98 Å². The van der Waals surface area contributed by atoms with E-state index >= 15 is 0 Å². The van der Waals surface area contributed by atoms with Gasteiger partial charge in [-0.15, -0.1) is 0 Å². The van der Waals surface area contributed by atoms with E-state index < -0.39 is 0 Å². The number of nitrogens with zero attached hydrogens (tertiary/aromatic N) is 6. The number of hydrogen-bond acceptors (Lipinski definition) is 6. The number of amidine groups is 2. The van der Waals surface area contributed by atoms with E-state index in [1.54, 1.807) is 6.20 Å². The number of aryl methyl sites for hydroxylation is 2. The summed E-state index contributed by atoms with van der Waals surface area (Å²) >= 11 is 6.54. The lowest BCUT2D eigenvalue weighted by atomic mass is 9.93. The van der Waals surface area contributed by atoms with Crippen LogP contribution in [0.5, 0.6) is 0 Å². The first-order valence-corrected chi connectivity index (χ1v) is 13.1. The van der Waals surface area contributed by atoms with Gasteiger partial charge >= 0.3 is 0 Å². The Labute approximate surface area is 231 Å². The number of halogens is 1. The number of aromatic nitrogens is 3. The lowest BCUT2D eigenvalue weighted by Gasteiger charge is -2.40. The second-order valence-electron chi connectivity index (χ2n) is 9.63. The topological polar surface area (TPSA) is 70.7 Å². The molecule has 0 saturated carbocycles. The number of hydrogen-bond donors (Lipinski definition) is 1. The first-order chi connectivity index (χ1) is 19.1. The zero-order valence-corrected chi connectivity index (χ0v) is 22.1. The Kier molecular flexibility index (Phi) is 5.52. The van der Waals surface area contributed by atoms with Crippen molar-refractivity contribution in [1.29, 1.82) is 0 Å². The van der Waals surface area contributed by atoms with Crippen LogP contribution >= 0.6 is 11.6 Å². The van der Waals surface area contributed by atoms with Crippen LogP contribution in [0.2, 0.25) is 5.02 Å². The highest BCUT2D eigenvalue weighted by molar-refractivity contribution is 6.51. The van der Waals surface area contributed by atoms with Gasteiger partial charge in [-0.2, -0.15) is 9.78 Å². The molecule has 2 aromatic heterocycles. The zero-order valence-electron chi connectivity index (χ0n) is 21.4. The molecular weight excluding hydrogens is 506 g/mol. The molecule has 0 fully saturated rings. The highest BCUT2D eigenvalue weighted by Gasteiger charge is 2.41. The molecule has 0 unspecified atom stereocenters. The maximum atomic E-state index is 6.54. The number of rotatable bonds is 3. The standard InChI is InChI=1S/C31H24ClN7/c1-19-9-7-12-23(17-19)34-29-31-36-30-27(20(2)37-39(30)26-15-5-6-16-33-26)28(21-10-8-11-22(32)18-21)38(31)25-14-4-3-13-24(25)35-29/h3-18,28H,1-2H3,(H,34,35)/t28-/m1/s1. The molecule has 2 aliphatic rings. The predicted octanol–water partition coefficient (Wildman–Crippen LogP) is 7.33. The van der Waals surface area contributed by atoms with Crippen LogP contribution < -0.4 is 10.2 Å². The lowest BCUT2D eigenvalue weighted by Crippen LogP contribution is -2.46. The Bertz CT molecular complexity index is 1790. The van der Waals surface area contributed by atoms with E-state index in [1.807, 2.05) is 78.3 Å². The largest absolute Gasteiger partial charge is 0.337 e. The first kappa shape index (κ1) is 23.4. The van der Waals surface area contributed by atoms with E-state index in [2.05, 4.69) is 46.4 Å². The van der Waals surface area contributed by atoms with Crippen molar-refractivity contribution in [3.05, 3.63) is 125 Å². The fraction of sp³-hybridized carbons (Fsp3) is 0.0968. The Hall–Kier alpha value is -4.75. The quantitative estimate of drug-likeness (QED) is 0.265. The summed E-state index contributed by atoms with van der Waals surface area (Å²) in [7, 11) is 0. The molecule has 0 aliphatic carbocycles. The van der Waals surface area contributed by atoms with Crippen molar-refractivity contribution >= 4 is 46.2 Å². The van der Waals surface area contributed by atoms with Gasteiger partial charge in [0.2, 0.25) is 0 Å². The Morgan fingerprint density at radius 1 is 0.846 bits per heavy atom. The molecule has 1 atom stereocenters. The number of fused-ring (bicyclic) bond motifs is 4. The van der Waals surface area contributed by atoms with Gasteiger partial charge in [0.05, 0.1) is 23.1 Å². The summed E-state index contributed by atoms with van der Waals surface area (Å²) in [6.45, 7) is 4.09. The number of anilines is 2. The fourth-order valence-electron chi connectivity index (χ4n) is 5.29. The third-order valence-corrected chi connectivity index (χ3v) is 7.18. The minimum absolute atomic E-state index is 0.241. The van der Waals surface area contributed by atoms with Gasteiger partial charge in [0.25, 0.3) is 0 Å². The van der Waals surface area contributed by atoms with Crippen LogP contribution in [0.25, 0.3) is 5.82 Å². The Morgan fingerprint density at radius 3 is 2.51 bits per heavy atom. The van der Waals surface area contributed by atoms with Crippen molar-refractivity contribution < 1.29 is 0 Å². The smallest absolute Gasteiger partial charge is 0.179 e. The fourth-order valence-corrected chi connectivity index (χ4v) is 5.49. The zero-order chi connectivity index (χ0) is 26.5. The van der Waals surface area contributed by atoms with Gasteiger partial charge in [-0.05, 0) is 73.5 Å². The minimum Gasteiger partial charge on any atom is -0.337 e. The highest BCUT2D eigenvalue weighted by atomic mass is 35.5. The van der Waals surface area contributed by atoms with Crippen LogP contribution in [0, 0.1) is 13.8 Å². The van der Waals surface area contributed by atoms with Gasteiger partial charge in [-0.3, -0.25) is 0 Å². The van der Waals surface area contributed by atoms with E-state index in [0.717, 1.165) is 45.3 Å². The molecule has 2 aliphatic heterocycles. The third kappa shape index (κ3) is 3.99. The average Bonchev–Trinajstić information content (AvgIpc) is 3.28. The van der Waals surface area contributed by atoms with Gasteiger partial charge in [-0.1, -0.05) is 54.1 Å². The Balaban J connectivity index is 1.51. The second kappa shape index (κ2) is 9.22. The lowest BCUT2D eigenvalue weighted by molar-refractivity contribution is 0.810. The van der Waals surface area contributed by atoms with Gasteiger partial charge in [0.1, 0.15) is 0 Å². The third-order valence-electron chi connectivity index (χ3n) is 6.95. The Morgan fingerprint density at radius 2 is 1.69 bits per heavy atom. The molecule has 39 heavy (non-hydrogen) atoms. The summed E-state index contributed by atoms with van der Waals surface area (Å²) in [4.78, 5) is 17.1. The van der Waals surface area contributed by atoms with Crippen LogP contribution in [0.1, 0.15) is 28.4 Å². The van der Waals surface area contributed by atoms with Gasteiger partial charge < -0.3 is 10.2 Å². The second-order valence-corrected chi connectivity index (χ2v) is 10.1. The summed E-state index contributed by atoms with van der Waals surface area (Å²) in [5.41, 5.74) is 6.82. The van der Waals surface area contributed by atoms with Gasteiger partial charge in [0, 0.05) is 22.5 Å². The molecule has 0 bridgehead atoms. The molecule has 0 radical (unpaired) electrons. The molecule has 7 nitrogen and oxygen atoms in total. The molecule has 7 rings (SSSR count). The molecule has 1 N–H and O–H groups in total. The average molecular weight is 530 g/mol. The number of nitrogens with one attached hydrogen (secondary N) is 1. The van der Waals surface area contributed by atoms with Crippen molar-refractivity contribution in [2.45, 2.75) is 19.9 Å². The molecule has 4 heterocycles. The van der Waals surface area contributed by atoms with Gasteiger partial charge in [0.15, 0.2) is 23.3 Å². The van der Waals surface area contributed by atoms with Crippen LogP contribution in [-0.4, -0.2) is 26.4 Å². The van der Waals surface area contributed by atoms with Crippen LogP contribution in [0.15, 0.2) is 107 Å². The summed E-state index contributed by atoms with van der Waals surface area (Å²) in [6.07, 6.45) is 1.76. The summed E-state index contributed by atoms with van der Waals surface area (Å²) in [5, 5.41) is 9.14. The number of pyridine rings is 1. The van der Waals surface area contributed by atoms with Crippen molar-refractivity contribution in [1.82, 2.24) is 14.8 Å². The van der Waals surface area contributed by atoms with Gasteiger partial charge in [-0.25, -0.2) is 15.0 Å². The molecule has 5 aromatic rings. The monoisotopic (exact) mass is 529 g/mol. The molecule has 8 heteroatoms. The number of benzene rings is 3. The van der Waals surface area contributed by atoms with Crippen LogP contribution in [0.4, 0.5) is 22.9 Å². The molecule has 3 aromatic carbocycles. The van der Waals surface area contributed by atoms with E-state index in [1.165, 1.54) is 0 Å². The maximum Gasteiger partial charge on any atom is 0.179 e. The van der Waals surface area contributed by atoms with Crippen LogP contribution in [0.3, 0.4) is 0 Å². The van der Waals surface area contributed by atoms with E-state index in [9.17, 15) is 0 Å².